The molecule has 1 aromatic carbocycles. The Morgan fingerprint density at radius 2 is 1.73 bits per heavy atom. The summed E-state index contributed by atoms with van der Waals surface area (Å²) in [5.74, 6) is 0.256. The summed E-state index contributed by atoms with van der Waals surface area (Å²) in [6.07, 6.45) is 0.870. The largest absolute Gasteiger partial charge is 0.379 e. The van der Waals surface area contributed by atoms with E-state index in [0.29, 0.717) is 26.3 Å². The Balaban J connectivity index is 1.85. The molecule has 3 rings (SSSR count). The molecule has 1 aromatic rings. The van der Waals surface area contributed by atoms with Crippen molar-refractivity contribution in [2.24, 2.45) is 0 Å². The monoisotopic (exact) mass is 324 g/mol. The van der Waals surface area contributed by atoms with Crippen LogP contribution in [0.2, 0.25) is 0 Å². The van der Waals surface area contributed by atoms with Crippen molar-refractivity contribution < 1.29 is 13.2 Å². The molecule has 0 bridgehead atoms. The molecular formula is C16H24N2O3S. The Morgan fingerprint density at radius 3 is 2.36 bits per heavy atom. The second-order valence-electron chi connectivity index (χ2n) is 6.19. The number of benzene rings is 1. The van der Waals surface area contributed by atoms with E-state index in [1.807, 2.05) is 32.0 Å². The molecule has 2 heterocycles. The fourth-order valence-electron chi connectivity index (χ4n) is 3.71. The zero-order chi connectivity index (χ0) is 15.7. The normalized spacial score (nSPS) is 31.5. The van der Waals surface area contributed by atoms with Gasteiger partial charge >= 0.3 is 0 Å². The third-order valence-corrected chi connectivity index (χ3v) is 7.05. The fraction of sp³-hybridized carbons (Fsp3) is 0.625. The Bertz CT molecular complexity index is 599. The first-order chi connectivity index (χ1) is 10.5. The van der Waals surface area contributed by atoms with Crippen LogP contribution in [0.5, 0.6) is 0 Å². The summed E-state index contributed by atoms with van der Waals surface area (Å²) in [5.41, 5.74) is 1.22. The SMILES string of the molecule is C[C@@H]1C[C@H](c2ccccc2)[C@@H](C)N1S(=O)(=O)N1CCOCC1. The number of rotatable bonds is 3. The summed E-state index contributed by atoms with van der Waals surface area (Å²) in [6, 6.07) is 10.2. The number of hydrogen-bond acceptors (Lipinski definition) is 3. The number of ether oxygens (including phenoxy) is 1. The highest BCUT2D eigenvalue weighted by Crippen LogP contribution is 2.39. The predicted molar refractivity (Wildman–Crippen MR) is 85.9 cm³/mol. The summed E-state index contributed by atoms with van der Waals surface area (Å²) >= 11 is 0. The van der Waals surface area contributed by atoms with E-state index in [0.717, 1.165) is 6.42 Å². The first-order valence-corrected chi connectivity index (χ1v) is 9.33. The molecule has 22 heavy (non-hydrogen) atoms. The molecule has 2 fully saturated rings. The van der Waals surface area contributed by atoms with E-state index in [2.05, 4.69) is 12.1 Å². The molecule has 3 atom stereocenters. The van der Waals surface area contributed by atoms with E-state index in [-0.39, 0.29) is 18.0 Å². The molecule has 122 valence electrons. The van der Waals surface area contributed by atoms with Gasteiger partial charge in [0.15, 0.2) is 0 Å². The van der Waals surface area contributed by atoms with Gasteiger partial charge in [0.25, 0.3) is 10.2 Å². The van der Waals surface area contributed by atoms with E-state index in [1.165, 1.54) is 5.56 Å². The highest BCUT2D eigenvalue weighted by molar-refractivity contribution is 7.86. The van der Waals surface area contributed by atoms with Gasteiger partial charge in [0.1, 0.15) is 0 Å². The number of morpholine rings is 1. The van der Waals surface area contributed by atoms with Gasteiger partial charge in [-0.3, -0.25) is 0 Å². The molecule has 0 aliphatic carbocycles. The minimum atomic E-state index is -3.41. The molecule has 5 nitrogen and oxygen atoms in total. The van der Waals surface area contributed by atoms with Crippen LogP contribution < -0.4 is 0 Å². The Labute approximate surface area is 133 Å². The van der Waals surface area contributed by atoms with Crippen LogP contribution in [0.4, 0.5) is 0 Å². The number of nitrogens with zero attached hydrogens (tertiary/aromatic N) is 2. The van der Waals surface area contributed by atoms with Crippen molar-refractivity contribution in [3.8, 4) is 0 Å². The van der Waals surface area contributed by atoms with Crippen molar-refractivity contribution in [3.63, 3.8) is 0 Å². The second kappa shape index (κ2) is 6.28. The van der Waals surface area contributed by atoms with Crippen LogP contribution in [0.15, 0.2) is 30.3 Å². The minimum Gasteiger partial charge on any atom is -0.379 e. The van der Waals surface area contributed by atoms with Gasteiger partial charge < -0.3 is 4.74 Å². The lowest BCUT2D eigenvalue weighted by atomic mass is 9.92. The van der Waals surface area contributed by atoms with Gasteiger partial charge in [-0.1, -0.05) is 30.3 Å². The number of hydrogen-bond donors (Lipinski definition) is 0. The maximum atomic E-state index is 13.0. The topological polar surface area (TPSA) is 49.9 Å². The van der Waals surface area contributed by atoms with Crippen LogP contribution in [0.1, 0.15) is 31.7 Å². The van der Waals surface area contributed by atoms with Crippen molar-refractivity contribution in [2.75, 3.05) is 26.3 Å². The van der Waals surface area contributed by atoms with Gasteiger partial charge in [-0.25, -0.2) is 0 Å². The molecule has 2 saturated heterocycles. The van der Waals surface area contributed by atoms with Gasteiger partial charge in [-0.15, -0.1) is 0 Å². The summed E-state index contributed by atoms with van der Waals surface area (Å²) in [6.45, 7) is 5.91. The Morgan fingerprint density at radius 1 is 1.09 bits per heavy atom. The van der Waals surface area contributed by atoms with Crippen molar-refractivity contribution >= 4 is 10.2 Å². The van der Waals surface area contributed by atoms with E-state index >= 15 is 0 Å². The molecular weight excluding hydrogens is 300 g/mol. The summed E-state index contributed by atoms with van der Waals surface area (Å²) in [5, 5.41) is 0. The van der Waals surface area contributed by atoms with Crippen LogP contribution in [-0.4, -0.2) is 55.4 Å². The van der Waals surface area contributed by atoms with Gasteiger partial charge in [0.2, 0.25) is 0 Å². The first-order valence-electron chi connectivity index (χ1n) is 7.93. The summed E-state index contributed by atoms with van der Waals surface area (Å²) in [7, 11) is -3.41. The van der Waals surface area contributed by atoms with Gasteiger partial charge in [0.05, 0.1) is 13.2 Å². The Kier molecular flexibility index (Phi) is 4.54. The fourth-order valence-corrected chi connectivity index (χ4v) is 5.70. The lowest BCUT2D eigenvalue weighted by Crippen LogP contribution is -2.51. The van der Waals surface area contributed by atoms with E-state index < -0.39 is 10.2 Å². The zero-order valence-electron chi connectivity index (χ0n) is 13.2. The molecule has 2 aliphatic rings. The third-order valence-electron chi connectivity index (χ3n) is 4.80. The molecule has 0 spiro atoms. The average Bonchev–Trinajstić information content (AvgIpc) is 2.84. The predicted octanol–water partition coefficient (Wildman–Crippen LogP) is 1.83. The molecule has 0 radical (unpaired) electrons. The molecule has 6 heteroatoms. The van der Waals surface area contributed by atoms with E-state index in [1.54, 1.807) is 8.61 Å². The summed E-state index contributed by atoms with van der Waals surface area (Å²) in [4.78, 5) is 0. The van der Waals surface area contributed by atoms with Crippen molar-refractivity contribution in [3.05, 3.63) is 35.9 Å². The second-order valence-corrected chi connectivity index (χ2v) is 8.03. The van der Waals surface area contributed by atoms with Gasteiger partial charge in [-0.05, 0) is 25.8 Å². The van der Waals surface area contributed by atoms with Crippen LogP contribution in [0.3, 0.4) is 0 Å². The third kappa shape index (κ3) is 2.80. The van der Waals surface area contributed by atoms with Crippen LogP contribution in [0.25, 0.3) is 0 Å². The zero-order valence-corrected chi connectivity index (χ0v) is 14.0. The van der Waals surface area contributed by atoms with Crippen LogP contribution >= 0.6 is 0 Å². The lowest BCUT2D eigenvalue weighted by molar-refractivity contribution is 0.0692. The molecule has 0 unspecified atom stereocenters. The van der Waals surface area contributed by atoms with E-state index in [4.69, 9.17) is 4.74 Å². The first kappa shape index (κ1) is 15.9. The maximum absolute atomic E-state index is 13.0. The Hall–Kier alpha value is -0.950. The highest BCUT2D eigenvalue weighted by atomic mass is 32.2. The van der Waals surface area contributed by atoms with Gasteiger partial charge in [0, 0.05) is 31.1 Å². The average molecular weight is 324 g/mol. The molecule has 0 aromatic heterocycles. The van der Waals surface area contributed by atoms with Crippen LogP contribution in [-0.2, 0) is 14.9 Å². The summed E-state index contributed by atoms with van der Waals surface area (Å²) < 4.78 is 34.5. The highest BCUT2D eigenvalue weighted by Gasteiger charge is 2.45. The van der Waals surface area contributed by atoms with Crippen molar-refractivity contribution in [2.45, 2.75) is 38.3 Å². The smallest absolute Gasteiger partial charge is 0.282 e. The minimum absolute atomic E-state index is 0.0213. The van der Waals surface area contributed by atoms with Crippen molar-refractivity contribution in [1.29, 1.82) is 0 Å². The molecule has 2 aliphatic heterocycles. The molecule has 0 N–H and O–H groups in total. The maximum Gasteiger partial charge on any atom is 0.282 e. The van der Waals surface area contributed by atoms with Crippen LogP contribution in [0, 0.1) is 0 Å². The lowest BCUT2D eigenvalue weighted by Gasteiger charge is -2.34. The van der Waals surface area contributed by atoms with E-state index in [9.17, 15) is 8.42 Å². The van der Waals surface area contributed by atoms with Crippen molar-refractivity contribution in [1.82, 2.24) is 8.61 Å². The molecule has 0 amide bonds. The van der Waals surface area contributed by atoms with Gasteiger partial charge in [-0.2, -0.15) is 17.0 Å². The quantitative estimate of drug-likeness (QED) is 0.852. The standard InChI is InChI=1S/C16H24N2O3S/c1-13-12-16(15-6-4-3-5-7-15)14(2)18(13)22(19,20)17-8-10-21-11-9-17/h3-7,13-14,16H,8-12H2,1-2H3/t13-,14-,16+/m1/s1. The molecule has 0 saturated carbocycles.